The number of nitrogens with zero attached hydrogens (tertiary/aromatic N) is 3. The second kappa shape index (κ2) is 6.69. The lowest BCUT2D eigenvalue weighted by Crippen LogP contribution is -2.40. The van der Waals surface area contributed by atoms with Crippen LogP contribution in [-0.4, -0.2) is 60.6 Å². The molecule has 1 N–H and O–H groups in total. The molecule has 2 aliphatic heterocycles. The van der Waals surface area contributed by atoms with Gasteiger partial charge in [-0.15, -0.1) is 0 Å². The highest BCUT2D eigenvalue weighted by Crippen LogP contribution is 2.28. The first-order chi connectivity index (χ1) is 9.10. The van der Waals surface area contributed by atoms with Gasteiger partial charge >= 0.3 is 0 Å². The zero-order valence-corrected chi connectivity index (χ0v) is 12.6. The molecule has 0 aromatic heterocycles. The van der Waals surface area contributed by atoms with Gasteiger partial charge in [-0.25, -0.2) is 0 Å². The van der Waals surface area contributed by atoms with Gasteiger partial charge in [0.25, 0.3) is 0 Å². The van der Waals surface area contributed by atoms with Crippen molar-refractivity contribution in [3.05, 3.63) is 0 Å². The summed E-state index contributed by atoms with van der Waals surface area (Å²) in [7, 11) is 2.28. The van der Waals surface area contributed by atoms with Gasteiger partial charge in [0.05, 0.1) is 12.1 Å². The van der Waals surface area contributed by atoms with Gasteiger partial charge in [0, 0.05) is 31.2 Å². The highest BCUT2D eigenvalue weighted by Gasteiger charge is 2.34. The van der Waals surface area contributed by atoms with Crippen LogP contribution in [0.25, 0.3) is 0 Å². The third kappa shape index (κ3) is 3.92. The fraction of sp³-hybridized carbons (Fsp3) is 0.933. The van der Waals surface area contributed by atoms with E-state index in [1.165, 1.54) is 32.4 Å². The van der Waals surface area contributed by atoms with Crippen LogP contribution in [-0.2, 0) is 0 Å². The normalized spacial score (nSPS) is 30.3. The fourth-order valence-corrected chi connectivity index (χ4v) is 3.48. The lowest BCUT2D eigenvalue weighted by Gasteiger charge is -2.26. The Morgan fingerprint density at radius 2 is 2.00 bits per heavy atom. The summed E-state index contributed by atoms with van der Waals surface area (Å²) in [5.41, 5.74) is 0. The Bertz CT molecular complexity index is 323. The molecule has 2 heterocycles. The molecule has 2 bridgehead atoms. The molecular weight excluding hydrogens is 236 g/mol. The van der Waals surface area contributed by atoms with Crippen LogP contribution in [0.1, 0.15) is 39.5 Å². The minimum Gasteiger partial charge on any atom is -0.302 e. The maximum absolute atomic E-state index is 9.17. The molecule has 2 saturated heterocycles. The molecule has 0 aromatic carbocycles. The summed E-state index contributed by atoms with van der Waals surface area (Å²) in [6, 6.07) is 4.31. The first-order valence-corrected chi connectivity index (χ1v) is 7.70. The van der Waals surface area contributed by atoms with Crippen molar-refractivity contribution in [3.63, 3.8) is 0 Å². The molecule has 2 fully saturated rings. The van der Waals surface area contributed by atoms with E-state index in [1.54, 1.807) is 0 Å². The number of hydrogen-bond acceptors (Lipinski definition) is 4. The highest BCUT2D eigenvalue weighted by atomic mass is 15.3. The van der Waals surface area contributed by atoms with Crippen molar-refractivity contribution < 1.29 is 0 Å². The zero-order valence-electron chi connectivity index (χ0n) is 12.6. The standard InChI is InChI=1S/C15H28N4/c1-12(2)17-13(10-16)6-8-19-9-7-14-4-5-15(11-19)18(14)3/h12-15,17H,4-9,11H2,1-3H3. The molecule has 3 atom stereocenters. The highest BCUT2D eigenvalue weighted by molar-refractivity contribution is 4.94. The van der Waals surface area contributed by atoms with Gasteiger partial charge in [-0.1, -0.05) is 0 Å². The van der Waals surface area contributed by atoms with Crippen molar-refractivity contribution in [2.45, 2.75) is 63.7 Å². The molecule has 2 rings (SSSR count). The van der Waals surface area contributed by atoms with E-state index in [-0.39, 0.29) is 6.04 Å². The average Bonchev–Trinajstić information content (AvgIpc) is 2.60. The van der Waals surface area contributed by atoms with Gasteiger partial charge in [-0.3, -0.25) is 10.2 Å². The van der Waals surface area contributed by atoms with Gasteiger partial charge in [0.1, 0.15) is 0 Å². The topological polar surface area (TPSA) is 42.3 Å². The van der Waals surface area contributed by atoms with E-state index in [4.69, 9.17) is 5.26 Å². The molecule has 108 valence electrons. The lowest BCUT2D eigenvalue weighted by atomic mass is 10.1. The lowest BCUT2D eigenvalue weighted by molar-refractivity contribution is 0.214. The van der Waals surface area contributed by atoms with Crippen LogP contribution in [0.4, 0.5) is 0 Å². The summed E-state index contributed by atoms with van der Waals surface area (Å²) in [6.45, 7) is 7.64. The molecule has 0 amide bonds. The predicted octanol–water partition coefficient (Wildman–Crippen LogP) is 1.44. The number of fused-ring (bicyclic) bond motifs is 2. The molecule has 3 unspecified atom stereocenters. The van der Waals surface area contributed by atoms with E-state index in [0.717, 1.165) is 25.0 Å². The van der Waals surface area contributed by atoms with Gasteiger partial charge in [-0.2, -0.15) is 5.26 Å². The van der Waals surface area contributed by atoms with Gasteiger partial charge in [0.2, 0.25) is 0 Å². The van der Waals surface area contributed by atoms with Gasteiger partial charge in [-0.05, 0) is 53.1 Å². The molecule has 0 aromatic rings. The number of likely N-dealkylation sites (tertiary alicyclic amines) is 1. The molecule has 4 nitrogen and oxygen atoms in total. The number of nitriles is 1. The summed E-state index contributed by atoms with van der Waals surface area (Å²) >= 11 is 0. The molecule has 0 aliphatic carbocycles. The van der Waals surface area contributed by atoms with E-state index in [2.05, 4.69) is 42.1 Å². The van der Waals surface area contributed by atoms with Gasteiger partial charge in [0.15, 0.2) is 0 Å². The van der Waals surface area contributed by atoms with Crippen LogP contribution in [0.15, 0.2) is 0 Å². The van der Waals surface area contributed by atoms with Crippen LogP contribution in [0.5, 0.6) is 0 Å². The summed E-state index contributed by atoms with van der Waals surface area (Å²) in [4.78, 5) is 5.14. The monoisotopic (exact) mass is 264 g/mol. The van der Waals surface area contributed by atoms with E-state index < -0.39 is 0 Å². The van der Waals surface area contributed by atoms with Crippen molar-refractivity contribution in [3.8, 4) is 6.07 Å². The summed E-state index contributed by atoms with van der Waals surface area (Å²) < 4.78 is 0. The SMILES string of the molecule is CC(C)NC(C#N)CCN1CCC2CCC(C1)N2C. The van der Waals surface area contributed by atoms with Crippen LogP contribution in [0.2, 0.25) is 0 Å². The molecular formula is C15H28N4. The fourth-order valence-electron chi connectivity index (χ4n) is 3.48. The maximum Gasteiger partial charge on any atom is 0.0967 e. The van der Waals surface area contributed by atoms with Crippen LogP contribution >= 0.6 is 0 Å². The zero-order chi connectivity index (χ0) is 13.8. The minimum absolute atomic E-state index is 0.00169. The smallest absolute Gasteiger partial charge is 0.0967 e. The van der Waals surface area contributed by atoms with E-state index in [9.17, 15) is 0 Å². The minimum atomic E-state index is -0.00169. The van der Waals surface area contributed by atoms with Crippen molar-refractivity contribution >= 4 is 0 Å². The molecule has 2 aliphatic rings. The number of rotatable bonds is 5. The summed E-state index contributed by atoms with van der Waals surface area (Å²) in [6.07, 6.45) is 4.96. The van der Waals surface area contributed by atoms with E-state index in [1.807, 2.05) is 0 Å². The predicted molar refractivity (Wildman–Crippen MR) is 77.9 cm³/mol. The van der Waals surface area contributed by atoms with Gasteiger partial charge < -0.3 is 4.90 Å². The first kappa shape index (κ1) is 14.8. The number of nitrogens with one attached hydrogen (secondary N) is 1. The van der Waals surface area contributed by atoms with Crippen LogP contribution < -0.4 is 5.32 Å². The molecule has 4 heteroatoms. The third-order valence-electron chi connectivity index (χ3n) is 4.66. The Kier molecular flexibility index (Phi) is 5.20. The number of likely N-dealkylation sites (N-methyl/N-ethyl adjacent to an activating group) is 1. The van der Waals surface area contributed by atoms with Crippen molar-refractivity contribution in [2.75, 3.05) is 26.7 Å². The van der Waals surface area contributed by atoms with Crippen LogP contribution in [0.3, 0.4) is 0 Å². The summed E-state index contributed by atoms with van der Waals surface area (Å²) in [5.74, 6) is 0. The third-order valence-corrected chi connectivity index (χ3v) is 4.66. The second-order valence-electron chi connectivity index (χ2n) is 6.43. The molecule has 19 heavy (non-hydrogen) atoms. The Hall–Kier alpha value is -0.630. The molecule has 0 radical (unpaired) electrons. The molecule has 0 spiro atoms. The Balaban J connectivity index is 1.79. The van der Waals surface area contributed by atoms with Crippen LogP contribution in [0, 0.1) is 11.3 Å². The quantitative estimate of drug-likeness (QED) is 0.816. The van der Waals surface area contributed by atoms with Crippen molar-refractivity contribution in [1.82, 2.24) is 15.1 Å². The Labute approximate surface area is 117 Å². The summed E-state index contributed by atoms with van der Waals surface area (Å²) in [5, 5.41) is 12.5. The van der Waals surface area contributed by atoms with Crippen molar-refractivity contribution in [2.24, 2.45) is 0 Å². The molecule has 0 saturated carbocycles. The Morgan fingerprint density at radius 3 is 2.68 bits per heavy atom. The average molecular weight is 264 g/mol. The van der Waals surface area contributed by atoms with E-state index in [0.29, 0.717) is 6.04 Å². The Morgan fingerprint density at radius 1 is 1.26 bits per heavy atom. The number of hydrogen-bond donors (Lipinski definition) is 1. The second-order valence-corrected chi connectivity index (χ2v) is 6.43. The van der Waals surface area contributed by atoms with E-state index >= 15 is 0 Å². The largest absolute Gasteiger partial charge is 0.302 e. The first-order valence-electron chi connectivity index (χ1n) is 7.70. The maximum atomic E-state index is 9.17. The van der Waals surface area contributed by atoms with Crippen molar-refractivity contribution in [1.29, 1.82) is 5.26 Å².